The van der Waals surface area contributed by atoms with Crippen LogP contribution in [-0.4, -0.2) is 45.0 Å². The Labute approximate surface area is 164 Å². The lowest BCUT2D eigenvalue weighted by Crippen LogP contribution is -2.36. The van der Waals surface area contributed by atoms with Crippen molar-refractivity contribution in [3.8, 4) is 0 Å². The highest BCUT2D eigenvalue weighted by Gasteiger charge is 2.21. The second-order valence-electron chi connectivity index (χ2n) is 7.50. The van der Waals surface area contributed by atoms with E-state index in [1.807, 2.05) is 55.8 Å². The van der Waals surface area contributed by atoms with Gasteiger partial charge in [0, 0.05) is 24.6 Å². The van der Waals surface area contributed by atoms with Crippen molar-refractivity contribution in [1.29, 1.82) is 0 Å². The van der Waals surface area contributed by atoms with E-state index in [-0.39, 0.29) is 17.9 Å². The molecule has 0 spiro atoms. The summed E-state index contributed by atoms with van der Waals surface area (Å²) in [6, 6.07) is 5.54. The standard InChI is InChI=1S/C19H29N5O2S/c1-19(2,3)18(26)20-11-7-9-16(25)21-14(10-13-27-4)17-23-22-15-8-5-6-12-24(15)17/h5-6,8,12,14H,7,9-11,13H2,1-4H3,(H,20,26)(H,21,25). The molecule has 0 bridgehead atoms. The Bertz CT molecular complexity index is 769. The second-order valence-corrected chi connectivity index (χ2v) is 8.48. The van der Waals surface area contributed by atoms with Crippen LogP contribution in [0.15, 0.2) is 24.4 Å². The molecule has 0 radical (unpaired) electrons. The maximum absolute atomic E-state index is 12.4. The third-order valence-corrected chi connectivity index (χ3v) is 4.79. The van der Waals surface area contributed by atoms with Crippen molar-refractivity contribution in [3.63, 3.8) is 0 Å². The van der Waals surface area contributed by atoms with Crippen LogP contribution in [0.3, 0.4) is 0 Å². The van der Waals surface area contributed by atoms with Gasteiger partial charge in [0.25, 0.3) is 0 Å². The SMILES string of the molecule is CSCCC(NC(=O)CCCNC(=O)C(C)(C)C)c1nnc2ccccn12. The summed E-state index contributed by atoms with van der Waals surface area (Å²) in [6.45, 7) is 6.10. The number of nitrogens with one attached hydrogen (secondary N) is 2. The quantitative estimate of drug-likeness (QED) is 0.642. The fourth-order valence-electron chi connectivity index (χ4n) is 2.58. The summed E-state index contributed by atoms with van der Waals surface area (Å²) in [5.74, 6) is 1.61. The highest BCUT2D eigenvalue weighted by atomic mass is 32.2. The summed E-state index contributed by atoms with van der Waals surface area (Å²) >= 11 is 1.73. The molecule has 27 heavy (non-hydrogen) atoms. The van der Waals surface area contributed by atoms with Crippen molar-refractivity contribution < 1.29 is 9.59 Å². The maximum Gasteiger partial charge on any atom is 0.225 e. The molecule has 0 aliphatic carbocycles. The summed E-state index contributed by atoms with van der Waals surface area (Å²) in [6.07, 6.45) is 5.69. The molecular weight excluding hydrogens is 362 g/mol. The Kier molecular flexibility index (Phi) is 7.65. The minimum atomic E-state index is -0.417. The molecule has 2 aromatic heterocycles. The highest BCUT2D eigenvalue weighted by Crippen LogP contribution is 2.18. The molecule has 0 saturated heterocycles. The molecule has 0 fully saturated rings. The first kappa shape index (κ1) is 21.2. The van der Waals surface area contributed by atoms with E-state index < -0.39 is 5.41 Å². The van der Waals surface area contributed by atoms with Crippen LogP contribution in [0.25, 0.3) is 5.65 Å². The molecule has 1 unspecified atom stereocenters. The predicted molar refractivity (Wildman–Crippen MR) is 109 cm³/mol. The zero-order valence-corrected chi connectivity index (χ0v) is 17.3. The number of fused-ring (bicyclic) bond motifs is 1. The van der Waals surface area contributed by atoms with Crippen LogP contribution in [0.5, 0.6) is 0 Å². The van der Waals surface area contributed by atoms with E-state index in [1.165, 1.54) is 0 Å². The smallest absolute Gasteiger partial charge is 0.225 e. The summed E-state index contributed by atoms with van der Waals surface area (Å²) in [5.41, 5.74) is 0.348. The minimum absolute atomic E-state index is 0.00400. The monoisotopic (exact) mass is 391 g/mol. The molecule has 0 aliphatic heterocycles. The number of hydrogen-bond donors (Lipinski definition) is 2. The molecule has 2 N–H and O–H groups in total. The van der Waals surface area contributed by atoms with Crippen molar-refractivity contribution >= 4 is 29.2 Å². The zero-order chi connectivity index (χ0) is 19.9. The molecule has 0 saturated carbocycles. The van der Waals surface area contributed by atoms with Crippen molar-refractivity contribution in [3.05, 3.63) is 30.2 Å². The van der Waals surface area contributed by atoms with E-state index in [1.54, 1.807) is 11.8 Å². The fraction of sp³-hybridized carbons (Fsp3) is 0.579. The van der Waals surface area contributed by atoms with E-state index in [2.05, 4.69) is 20.8 Å². The lowest BCUT2D eigenvalue weighted by atomic mass is 9.96. The van der Waals surface area contributed by atoms with Gasteiger partial charge in [0.1, 0.15) is 0 Å². The third-order valence-electron chi connectivity index (χ3n) is 4.14. The van der Waals surface area contributed by atoms with Gasteiger partial charge in [-0.2, -0.15) is 11.8 Å². The Morgan fingerprint density at radius 3 is 2.74 bits per heavy atom. The second kappa shape index (κ2) is 9.73. The van der Waals surface area contributed by atoms with E-state index >= 15 is 0 Å². The number of aromatic nitrogens is 3. The van der Waals surface area contributed by atoms with Crippen LogP contribution in [0.2, 0.25) is 0 Å². The van der Waals surface area contributed by atoms with Gasteiger partial charge in [-0.25, -0.2) is 0 Å². The highest BCUT2D eigenvalue weighted by molar-refractivity contribution is 7.98. The van der Waals surface area contributed by atoms with E-state index in [0.29, 0.717) is 19.4 Å². The lowest BCUT2D eigenvalue weighted by molar-refractivity contribution is -0.128. The van der Waals surface area contributed by atoms with Crippen molar-refractivity contribution in [2.75, 3.05) is 18.6 Å². The fourth-order valence-corrected chi connectivity index (χ4v) is 3.05. The Morgan fingerprint density at radius 2 is 2.04 bits per heavy atom. The topological polar surface area (TPSA) is 88.4 Å². The van der Waals surface area contributed by atoms with E-state index in [9.17, 15) is 9.59 Å². The first-order valence-electron chi connectivity index (χ1n) is 9.19. The Hall–Kier alpha value is -2.09. The van der Waals surface area contributed by atoms with Gasteiger partial charge in [-0.1, -0.05) is 26.8 Å². The average molecular weight is 392 g/mol. The normalized spacial score (nSPS) is 12.7. The van der Waals surface area contributed by atoms with Crippen molar-refractivity contribution in [1.82, 2.24) is 25.2 Å². The van der Waals surface area contributed by atoms with Gasteiger partial charge in [-0.3, -0.25) is 14.0 Å². The van der Waals surface area contributed by atoms with E-state index in [4.69, 9.17) is 0 Å². The van der Waals surface area contributed by atoms with Gasteiger partial charge in [-0.05, 0) is 37.0 Å². The van der Waals surface area contributed by atoms with Crippen LogP contribution in [0, 0.1) is 5.41 Å². The number of thioether (sulfide) groups is 1. The van der Waals surface area contributed by atoms with Gasteiger partial charge < -0.3 is 10.6 Å². The largest absolute Gasteiger partial charge is 0.356 e. The number of nitrogens with zero attached hydrogens (tertiary/aromatic N) is 3. The van der Waals surface area contributed by atoms with Gasteiger partial charge >= 0.3 is 0 Å². The summed E-state index contributed by atoms with van der Waals surface area (Å²) in [5, 5.41) is 14.4. The molecule has 2 aromatic rings. The summed E-state index contributed by atoms with van der Waals surface area (Å²) in [7, 11) is 0. The first-order valence-corrected chi connectivity index (χ1v) is 10.6. The number of pyridine rings is 1. The molecule has 8 heteroatoms. The van der Waals surface area contributed by atoms with Crippen molar-refractivity contribution in [2.24, 2.45) is 5.41 Å². The molecule has 7 nitrogen and oxygen atoms in total. The molecule has 2 heterocycles. The van der Waals surface area contributed by atoms with E-state index in [0.717, 1.165) is 23.6 Å². The molecular formula is C19H29N5O2S. The molecule has 2 amide bonds. The van der Waals surface area contributed by atoms with Crippen LogP contribution in [0.1, 0.15) is 51.9 Å². The van der Waals surface area contributed by atoms with Crippen LogP contribution in [0.4, 0.5) is 0 Å². The van der Waals surface area contributed by atoms with Gasteiger partial charge in [0.15, 0.2) is 11.5 Å². The van der Waals surface area contributed by atoms with Crippen LogP contribution in [-0.2, 0) is 9.59 Å². The van der Waals surface area contributed by atoms with Gasteiger partial charge in [0.2, 0.25) is 11.8 Å². The number of carbonyl (C=O) groups is 2. The molecule has 148 valence electrons. The summed E-state index contributed by atoms with van der Waals surface area (Å²) < 4.78 is 1.91. The lowest BCUT2D eigenvalue weighted by Gasteiger charge is -2.18. The van der Waals surface area contributed by atoms with Gasteiger partial charge in [-0.15, -0.1) is 10.2 Å². The number of amides is 2. The van der Waals surface area contributed by atoms with Gasteiger partial charge in [0.05, 0.1) is 6.04 Å². The van der Waals surface area contributed by atoms with Crippen LogP contribution >= 0.6 is 11.8 Å². The molecule has 2 rings (SSSR count). The maximum atomic E-state index is 12.4. The predicted octanol–water partition coefficient (Wildman–Crippen LogP) is 2.58. The average Bonchev–Trinajstić information content (AvgIpc) is 3.05. The number of hydrogen-bond acceptors (Lipinski definition) is 5. The first-order chi connectivity index (χ1) is 12.8. The molecule has 1 atom stereocenters. The Balaban J connectivity index is 1.92. The van der Waals surface area contributed by atoms with Crippen LogP contribution < -0.4 is 10.6 Å². The molecule has 0 aliphatic rings. The number of rotatable bonds is 9. The zero-order valence-electron chi connectivity index (χ0n) is 16.5. The third kappa shape index (κ3) is 6.23. The van der Waals surface area contributed by atoms with Crippen molar-refractivity contribution in [2.45, 2.75) is 46.1 Å². The molecule has 0 aromatic carbocycles. The number of carbonyl (C=O) groups excluding carboxylic acids is 2. The minimum Gasteiger partial charge on any atom is -0.356 e. The Morgan fingerprint density at radius 1 is 1.26 bits per heavy atom. The summed E-state index contributed by atoms with van der Waals surface area (Å²) in [4.78, 5) is 24.3.